The summed E-state index contributed by atoms with van der Waals surface area (Å²) in [6.07, 6.45) is 13.2. The Morgan fingerprint density at radius 1 is 1.00 bits per heavy atom. The van der Waals surface area contributed by atoms with Crippen LogP contribution in [-0.2, 0) is 0 Å². The molecular formula is C21H27N. The maximum absolute atomic E-state index is 3.44. The van der Waals surface area contributed by atoms with E-state index in [9.17, 15) is 0 Å². The molecule has 4 rings (SSSR count). The summed E-state index contributed by atoms with van der Waals surface area (Å²) in [4.78, 5) is 0. The molecular weight excluding hydrogens is 266 g/mol. The zero-order valence-corrected chi connectivity index (χ0v) is 13.9. The molecule has 22 heavy (non-hydrogen) atoms. The fraction of sp³-hybridized carbons (Fsp3) is 0.524. The molecule has 0 aromatic heterocycles. The molecule has 1 N–H and O–H groups in total. The van der Waals surface area contributed by atoms with Gasteiger partial charge in [0.15, 0.2) is 0 Å². The van der Waals surface area contributed by atoms with E-state index in [0.717, 1.165) is 11.3 Å². The van der Waals surface area contributed by atoms with E-state index < -0.39 is 0 Å². The molecule has 0 bridgehead atoms. The second kappa shape index (κ2) is 5.30. The summed E-state index contributed by atoms with van der Waals surface area (Å²) in [5.41, 5.74) is 6.40. The number of dihydropyridines is 1. The molecule has 2 fully saturated rings. The lowest BCUT2D eigenvalue weighted by Crippen LogP contribution is -2.24. The minimum absolute atomic E-state index is 0.458. The summed E-state index contributed by atoms with van der Waals surface area (Å²) in [6, 6.07) is 9.81. The summed E-state index contributed by atoms with van der Waals surface area (Å²) in [5, 5.41) is 3.44. The van der Waals surface area contributed by atoms with E-state index in [1.165, 1.54) is 55.2 Å². The molecule has 0 radical (unpaired) electrons. The summed E-state index contributed by atoms with van der Waals surface area (Å²) in [6.45, 7) is 4.41. The minimum atomic E-state index is 0.458. The van der Waals surface area contributed by atoms with Crippen molar-refractivity contribution in [2.75, 3.05) is 0 Å². The Kier molecular flexibility index (Phi) is 3.40. The van der Waals surface area contributed by atoms with Gasteiger partial charge in [0, 0.05) is 12.2 Å². The molecule has 0 saturated heterocycles. The first kappa shape index (κ1) is 14.1. The highest BCUT2D eigenvalue weighted by atomic mass is 14.9. The van der Waals surface area contributed by atoms with Crippen LogP contribution in [0.2, 0.25) is 0 Å². The van der Waals surface area contributed by atoms with Crippen LogP contribution in [0.25, 0.3) is 5.57 Å². The van der Waals surface area contributed by atoms with Crippen molar-refractivity contribution in [1.29, 1.82) is 0 Å². The maximum atomic E-state index is 3.44. The van der Waals surface area contributed by atoms with Crippen molar-refractivity contribution in [2.24, 2.45) is 5.41 Å². The molecule has 3 aliphatic rings. The Hall–Kier alpha value is -1.50. The van der Waals surface area contributed by atoms with Gasteiger partial charge in [0.25, 0.3) is 0 Å². The van der Waals surface area contributed by atoms with Gasteiger partial charge in [0.05, 0.1) is 0 Å². The van der Waals surface area contributed by atoms with Gasteiger partial charge in [-0.15, -0.1) is 0 Å². The highest BCUT2D eigenvalue weighted by molar-refractivity contribution is 5.75. The molecule has 116 valence electrons. The molecule has 1 heteroatoms. The summed E-state index contributed by atoms with van der Waals surface area (Å²) < 4.78 is 0. The number of nitrogens with one attached hydrogen (secondary N) is 1. The first-order valence-corrected chi connectivity index (χ1v) is 8.90. The monoisotopic (exact) mass is 293 g/mol. The fourth-order valence-corrected chi connectivity index (χ4v) is 4.11. The summed E-state index contributed by atoms with van der Waals surface area (Å²) >= 11 is 0. The van der Waals surface area contributed by atoms with Gasteiger partial charge in [-0.3, -0.25) is 0 Å². The number of hydrogen-bond donors (Lipinski definition) is 1. The molecule has 1 unspecified atom stereocenters. The maximum Gasteiger partial charge on any atom is 0.0440 e. The summed E-state index contributed by atoms with van der Waals surface area (Å²) in [5.74, 6) is 0.802. The van der Waals surface area contributed by atoms with Crippen molar-refractivity contribution >= 4 is 5.57 Å². The lowest BCUT2D eigenvalue weighted by Gasteiger charge is -2.29. The molecule has 1 aromatic rings. The normalized spacial score (nSPS) is 27.1. The third-order valence-corrected chi connectivity index (χ3v) is 6.27. The van der Waals surface area contributed by atoms with Crippen molar-refractivity contribution in [2.45, 2.75) is 64.3 Å². The average Bonchev–Trinajstić information content (AvgIpc) is 3.30. The quantitative estimate of drug-likeness (QED) is 0.769. The van der Waals surface area contributed by atoms with Crippen LogP contribution >= 0.6 is 0 Å². The van der Waals surface area contributed by atoms with Crippen LogP contribution < -0.4 is 5.32 Å². The number of benzene rings is 1. The van der Waals surface area contributed by atoms with Crippen LogP contribution in [0.15, 0.2) is 42.1 Å². The summed E-state index contributed by atoms with van der Waals surface area (Å²) in [7, 11) is 0. The zero-order chi connectivity index (χ0) is 15.2. The topological polar surface area (TPSA) is 12.0 Å². The predicted octanol–water partition coefficient (Wildman–Crippen LogP) is 5.40. The standard InChI is InChI=1S/C21H27N/c1-15-13-20(14-22-16(15)2)18-5-3-17(4-6-18)19-7-9-21(10-8-19)11-12-21/h3-6,13-14,16,19,22H,7-12H2,1-2H3. The largest absolute Gasteiger partial charge is 0.384 e. The van der Waals surface area contributed by atoms with Crippen LogP contribution in [-0.4, -0.2) is 6.04 Å². The van der Waals surface area contributed by atoms with Crippen molar-refractivity contribution in [1.82, 2.24) is 5.32 Å². The molecule has 0 amide bonds. The highest BCUT2D eigenvalue weighted by Gasteiger charge is 2.44. The van der Waals surface area contributed by atoms with Gasteiger partial charge in [-0.1, -0.05) is 35.9 Å². The molecule has 1 spiro atoms. The minimum Gasteiger partial charge on any atom is -0.384 e. The van der Waals surface area contributed by atoms with Crippen LogP contribution in [0, 0.1) is 5.41 Å². The molecule has 1 nitrogen and oxygen atoms in total. The Labute approximate surface area is 134 Å². The van der Waals surface area contributed by atoms with E-state index in [1.54, 1.807) is 5.56 Å². The van der Waals surface area contributed by atoms with Crippen molar-refractivity contribution in [3.8, 4) is 0 Å². The molecule has 1 atom stereocenters. The smallest absolute Gasteiger partial charge is 0.0440 e. The Morgan fingerprint density at radius 2 is 1.68 bits per heavy atom. The van der Waals surface area contributed by atoms with E-state index in [4.69, 9.17) is 0 Å². The van der Waals surface area contributed by atoms with Gasteiger partial charge in [0.2, 0.25) is 0 Å². The van der Waals surface area contributed by atoms with Crippen LogP contribution in [0.5, 0.6) is 0 Å². The van der Waals surface area contributed by atoms with E-state index in [1.807, 2.05) is 0 Å². The van der Waals surface area contributed by atoms with Crippen LogP contribution in [0.1, 0.15) is 69.4 Å². The van der Waals surface area contributed by atoms with E-state index in [2.05, 4.69) is 55.7 Å². The number of allylic oxidation sites excluding steroid dienone is 2. The van der Waals surface area contributed by atoms with Gasteiger partial charge in [-0.25, -0.2) is 0 Å². The molecule has 1 heterocycles. The third kappa shape index (κ3) is 2.62. The third-order valence-electron chi connectivity index (χ3n) is 6.27. The Balaban J connectivity index is 1.47. The van der Waals surface area contributed by atoms with Crippen LogP contribution in [0.3, 0.4) is 0 Å². The average molecular weight is 293 g/mol. The SMILES string of the molecule is CC1=CC(c2ccc(C3CCC4(CC3)CC4)cc2)=CNC1C. The number of hydrogen-bond acceptors (Lipinski definition) is 1. The second-order valence-corrected chi connectivity index (χ2v) is 7.77. The van der Waals surface area contributed by atoms with E-state index in [0.29, 0.717) is 6.04 Å². The first-order valence-electron chi connectivity index (χ1n) is 8.90. The first-order chi connectivity index (χ1) is 10.7. The fourth-order valence-electron chi connectivity index (χ4n) is 4.11. The van der Waals surface area contributed by atoms with Gasteiger partial charge in [-0.05, 0) is 80.4 Å². The predicted molar refractivity (Wildman–Crippen MR) is 93.6 cm³/mol. The number of rotatable bonds is 2. The Morgan fingerprint density at radius 3 is 2.27 bits per heavy atom. The Bertz CT molecular complexity index is 606. The van der Waals surface area contributed by atoms with Gasteiger partial charge in [0.1, 0.15) is 0 Å². The van der Waals surface area contributed by atoms with Gasteiger partial charge < -0.3 is 5.32 Å². The van der Waals surface area contributed by atoms with E-state index in [-0.39, 0.29) is 0 Å². The highest BCUT2D eigenvalue weighted by Crippen LogP contribution is 2.58. The molecule has 1 aliphatic heterocycles. The second-order valence-electron chi connectivity index (χ2n) is 7.77. The van der Waals surface area contributed by atoms with Crippen LogP contribution in [0.4, 0.5) is 0 Å². The van der Waals surface area contributed by atoms with Crippen molar-refractivity contribution in [3.63, 3.8) is 0 Å². The lowest BCUT2D eigenvalue weighted by molar-refractivity contribution is 0.306. The van der Waals surface area contributed by atoms with Crippen molar-refractivity contribution in [3.05, 3.63) is 53.2 Å². The molecule has 1 aromatic carbocycles. The van der Waals surface area contributed by atoms with Gasteiger partial charge in [-0.2, -0.15) is 0 Å². The molecule has 2 saturated carbocycles. The van der Waals surface area contributed by atoms with E-state index >= 15 is 0 Å². The zero-order valence-electron chi connectivity index (χ0n) is 13.9. The molecule has 2 aliphatic carbocycles. The van der Waals surface area contributed by atoms with Gasteiger partial charge >= 0.3 is 0 Å². The van der Waals surface area contributed by atoms with Crippen molar-refractivity contribution < 1.29 is 0 Å². The lowest BCUT2D eigenvalue weighted by atomic mass is 9.76.